The highest BCUT2D eigenvalue weighted by atomic mass is 16.3. The van der Waals surface area contributed by atoms with E-state index in [1.54, 1.807) is 4.90 Å². The first-order chi connectivity index (χ1) is 7.63. The van der Waals surface area contributed by atoms with E-state index in [1.807, 2.05) is 6.92 Å². The van der Waals surface area contributed by atoms with E-state index in [-0.39, 0.29) is 5.91 Å². The minimum Gasteiger partial charge on any atom is -0.386 e. The number of amides is 1. The maximum Gasteiger partial charge on any atom is 0.223 e. The Balaban J connectivity index is 1.73. The van der Waals surface area contributed by atoms with Gasteiger partial charge in [-0.25, -0.2) is 0 Å². The van der Waals surface area contributed by atoms with E-state index in [0.29, 0.717) is 25.4 Å². The van der Waals surface area contributed by atoms with E-state index in [0.717, 1.165) is 32.4 Å². The van der Waals surface area contributed by atoms with Crippen LogP contribution in [0.1, 0.15) is 32.6 Å². The van der Waals surface area contributed by atoms with Crippen LogP contribution in [0.3, 0.4) is 0 Å². The zero-order valence-electron chi connectivity index (χ0n) is 10.0. The van der Waals surface area contributed by atoms with E-state index < -0.39 is 5.60 Å². The monoisotopic (exact) mass is 226 g/mol. The first-order valence-corrected chi connectivity index (χ1v) is 6.34. The number of hydrogen-bond acceptors (Lipinski definition) is 3. The summed E-state index contributed by atoms with van der Waals surface area (Å²) < 4.78 is 0. The Morgan fingerprint density at radius 2 is 2.06 bits per heavy atom. The highest BCUT2D eigenvalue weighted by Gasteiger charge is 2.42. The summed E-state index contributed by atoms with van der Waals surface area (Å²) in [6, 6.07) is 0. The van der Waals surface area contributed by atoms with Crippen molar-refractivity contribution >= 4 is 5.91 Å². The van der Waals surface area contributed by atoms with E-state index in [9.17, 15) is 9.90 Å². The molecular formula is C12H22N2O2. The van der Waals surface area contributed by atoms with Gasteiger partial charge in [-0.15, -0.1) is 0 Å². The van der Waals surface area contributed by atoms with Gasteiger partial charge in [0.2, 0.25) is 5.91 Å². The van der Waals surface area contributed by atoms with E-state index >= 15 is 0 Å². The number of piperidine rings is 1. The fourth-order valence-electron chi connectivity index (χ4n) is 2.53. The van der Waals surface area contributed by atoms with Gasteiger partial charge in [0.25, 0.3) is 0 Å². The number of nitrogens with one attached hydrogen (secondary N) is 1. The first-order valence-electron chi connectivity index (χ1n) is 6.34. The van der Waals surface area contributed by atoms with Crippen molar-refractivity contribution in [1.82, 2.24) is 10.2 Å². The van der Waals surface area contributed by atoms with Crippen molar-refractivity contribution in [3.63, 3.8) is 0 Å². The lowest BCUT2D eigenvalue weighted by molar-refractivity contribution is -0.156. The maximum atomic E-state index is 11.9. The van der Waals surface area contributed by atoms with Crippen LogP contribution >= 0.6 is 0 Å². The fourth-order valence-corrected chi connectivity index (χ4v) is 2.53. The highest BCUT2D eigenvalue weighted by molar-refractivity contribution is 5.77. The minimum atomic E-state index is -0.593. The van der Waals surface area contributed by atoms with Crippen molar-refractivity contribution in [1.29, 1.82) is 0 Å². The lowest BCUT2D eigenvalue weighted by Gasteiger charge is -2.46. The zero-order valence-corrected chi connectivity index (χ0v) is 10.0. The highest BCUT2D eigenvalue weighted by Crippen LogP contribution is 2.26. The lowest BCUT2D eigenvalue weighted by atomic mass is 9.88. The second kappa shape index (κ2) is 4.72. The average Bonchev–Trinajstić information content (AvgIpc) is 2.26. The van der Waals surface area contributed by atoms with E-state index in [1.165, 1.54) is 0 Å². The van der Waals surface area contributed by atoms with Crippen LogP contribution in [0.5, 0.6) is 0 Å². The molecule has 0 spiro atoms. The summed E-state index contributed by atoms with van der Waals surface area (Å²) in [6.45, 7) is 5.11. The molecule has 0 aromatic carbocycles. The third-order valence-electron chi connectivity index (χ3n) is 3.90. The largest absolute Gasteiger partial charge is 0.386 e. The predicted molar refractivity (Wildman–Crippen MR) is 62.0 cm³/mol. The molecule has 0 atom stereocenters. The van der Waals surface area contributed by atoms with Gasteiger partial charge in [0.1, 0.15) is 0 Å². The molecule has 2 heterocycles. The Labute approximate surface area is 97.0 Å². The molecule has 2 saturated heterocycles. The zero-order chi connectivity index (χ0) is 11.6. The van der Waals surface area contributed by atoms with Crippen LogP contribution in [-0.2, 0) is 4.79 Å². The van der Waals surface area contributed by atoms with Crippen LogP contribution < -0.4 is 5.32 Å². The van der Waals surface area contributed by atoms with Gasteiger partial charge in [-0.3, -0.25) is 4.79 Å². The van der Waals surface area contributed by atoms with Gasteiger partial charge in [0, 0.05) is 6.42 Å². The number of carbonyl (C=O) groups excluding carboxylic acids is 1. The number of rotatable bonds is 3. The van der Waals surface area contributed by atoms with Crippen LogP contribution in [0.25, 0.3) is 0 Å². The molecule has 0 aromatic heterocycles. The second-order valence-electron chi connectivity index (χ2n) is 5.23. The van der Waals surface area contributed by atoms with Crippen LogP contribution in [0, 0.1) is 5.92 Å². The summed E-state index contributed by atoms with van der Waals surface area (Å²) in [7, 11) is 0. The molecule has 2 aliphatic rings. The van der Waals surface area contributed by atoms with Crippen molar-refractivity contribution in [3.05, 3.63) is 0 Å². The smallest absolute Gasteiger partial charge is 0.223 e. The van der Waals surface area contributed by atoms with Gasteiger partial charge in [-0.1, -0.05) is 6.92 Å². The van der Waals surface area contributed by atoms with Gasteiger partial charge in [-0.2, -0.15) is 0 Å². The third-order valence-corrected chi connectivity index (χ3v) is 3.90. The van der Waals surface area contributed by atoms with Crippen molar-refractivity contribution in [3.8, 4) is 0 Å². The molecular weight excluding hydrogens is 204 g/mol. The number of likely N-dealkylation sites (tertiary alicyclic amines) is 1. The third kappa shape index (κ3) is 2.55. The van der Waals surface area contributed by atoms with Crippen molar-refractivity contribution in [2.24, 2.45) is 5.92 Å². The molecule has 16 heavy (non-hydrogen) atoms. The molecule has 4 heteroatoms. The predicted octanol–water partition coefficient (Wildman–Crippen LogP) is 0.359. The Hall–Kier alpha value is -0.610. The van der Waals surface area contributed by atoms with Crippen molar-refractivity contribution < 1.29 is 9.90 Å². The quantitative estimate of drug-likeness (QED) is 0.730. The van der Waals surface area contributed by atoms with Gasteiger partial charge in [0.05, 0.1) is 18.7 Å². The first kappa shape index (κ1) is 11.9. The van der Waals surface area contributed by atoms with Crippen LogP contribution in [0.2, 0.25) is 0 Å². The van der Waals surface area contributed by atoms with Crippen LogP contribution in [-0.4, -0.2) is 47.7 Å². The molecule has 0 aromatic rings. The molecule has 2 aliphatic heterocycles. The summed E-state index contributed by atoms with van der Waals surface area (Å²) in [5, 5.41) is 13.1. The average molecular weight is 226 g/mol. The second-order valence-corrected chi connectivity index (χ2v) is 5.23. The Kier molecular flexibility index (Phi) is 3.50. The molecule has 0 saturated carbocycles. The molecule has 1 amide bonds. The number of hydrogen-bond donors (Lipinski definition) is 2. The Bertz CT molecular complexity index is 256. The molecule has 2 N–H and O–H groups in total. The van der Waals surface area contributed by atoms with Gasteiger partial charge in [-0.05, 0) is 38.3 Å². The summed E-state index contributed by atoms with van der Waals surface area (Å²) >= 11 is 0. The molecule has 2 rings (SSSR count). The van der Waals surface area contributed by atoms with Crippen molar-refractivity contribution in [2.45, 2.75) is 38.2 Å². The fraction of sp³-hybridized carbons (Fsp3) is 0.917. The molecule has 2 fully saturated rings. The summed E-state index contributed by atoms with van der Waals surface area (Å²) in [5.41, 5.74) is -0.593. The minimum absolute atomic E-state index is 0.227. The van der Waals surface area contributed by atoms with Crippen LogP contribution in [0.15, 0.2) is 0 Å². The lowest BCUT2D eigenvalue weighted by Crippen LogP contribution is -2.63. The summed E-state index contributed by atoms with van der Waals surface area (Å²) in [5.74, 6) is 0.772. The van der Waals surface area contributed by atoms with Gasteiger partial charge in [0.15, 0.2) is 0 Å². The number of nitrogens with zero attached hydrogens (tertiary/aromatic N) is 1. The number of aliphatic hydroxyl groups is 1. The number of β-amino-alcohol motifs (C(OH)–C–C–N with tert-alkyl or cyclic N) is 1. The Morgan fingerprint density at radius 1 is 1.44 bits per heavy atom. The van der Waals surface area contributed by atoms with Gasteiger partial charge < -0.3 is 15.3 Å². The topological polar surface area (TPSA) is 52.6 Å². The standard InChI is InChI=1S/C12H22N2O2/c1-2-12(16)8-14(9-12)11(15)7-10-3-5-13-6-4-10/h10,13,16H,2-9H2,1H3. The molecule has 4 nitrogen and oxygen atoms in total. The normalized spacial score (nSPS) is 25.2. The van der Waals surface area contributed by atoms with E-state index in [2.05, 4.69) is 5.32 Å². The number of carbonyl (C=O) groups is 1. The molecule has 92 valence electrons. The molecule has 0 aliphatic carbocycles. The Morgan fingerprint density at radius 3 is 2.62 bits per heavy atom. The maximum absolute atomic E-state index is 11.9. The van der Waals surface area contributed by atoms with Crippen molar-refractivity contribution in [2.75, 3.05) is 26.2 Å². The van der Waals surface area contributed by atoms with Gasteiger partial charge >= 0.3 is 0 Å². The SMILES string of the molecule is CCC1(O)CN(C(=O)CC2CCNCC2)C1. The van der Waals surface area contributed by atoms with Crippen LogP contribution in [0.4, 0.5) is 0 Å². The molecule has 0 unspecified atom stereocenters. The molecule has 0 bridgehead atoms. The summed E-state index contributed by atoms with van der Waals surface area (Å²) in [6.07, 6.45) is 3.63. The summed E-state index contributed by atoms with van der Waals surface area (Å²) in [4.78, 5) is 13.7. The van der Waals surface area contributed by atoms with E-state index in [4.69, 9.17) is 0 Å². The molecule has 0 radical (unpaired) electrons.